The van der Waals surface area contributed by atoms with Crippen LogP contribution in [0, 0.1) is 0 Å². The quantitative estimate of drug-likeness (QED) is 0.0235. The van der Waals surface area contributed by atoms with Gasteiger partial charge in [0.15, 0.2) is 6.10 Å². The normalized spacial score (nSPS) is 14.3. The van der Waals surface area contributed by atoms with Crippen LogP contribution in [0.2, 0.25) is 0 Å². The zero-order chi connectivity index (χ0) is 40.0. The van der Waals surface area contributed by atoms with Gasteiger partial charge >= 0.3 is 25.7 Å². The van der Waals surface area contributed by atoms with Gasteiger partial charge < -0.3 is 25.2 Å². The Morgan fingerprint density at radius 1 is 0.574 bits per heavy atom. The van der Waals surface area contributed by atoms with E-state index in [0.717, 1.165) is 57.8 Å². The van der Waals surface area contributed by atoms with E-state index in [1.165, 1.54) is 70.6 Å². The van der Waals surface area contributed by atoms with Gasteiger partial charge in [0.25, 0.3) is 0 Å². The summed E-state index contributed by atoms with van der Waals surface area (Å²) >= 11 is 0. The van der Waals surface area contributed by atoms with Gasteiger partial charge in [-0.05, 0) is 57.8 Å². The highest BCUT2D eigenvalue weighted by Crippen LogP contribution is 2.43. The number of ether oxygens (including phenoxy) is 2. The third-order valence-electron chi connectivity index (χ3n) is 8.58. The molecule has 54 heavy (non-hydrogen) atoms. The maximum absolute atomic E-state index is 12.6. The summed E-state index contributed by atoms with van der Waals surface area (Å²) in [5.74, 6) is -2.42. The van der Waals surface area contributed by atoms with Gasteiger partial charge in [-0.3, -0.25) is 23.4 Å². The summed E-state index contributed by atoms with van der Waals surface area (Å²) in [6.07, 6.45) is 40.4. The summed E-state index contributed by atoms with van der Waals surface area (Å²) in [6.45, 7) is 2.72. The Kier molecular flexibility index (Phi) is 35.6. The Labute approximate surface area is 326 Å². The average molecular weight is 784 g/mol. The molecule has 0 aliphatic rings. The van der Waals surface area contributed by atoms with E-state index in [1.54, 1.807) is 0 Å². The van der Waals surface area contributed by atoms with Crippen LogP contribution in [-0.2, 0) is 37.5 Å². The molecule has 0 radical (unpaired) electrons. The molecule has 0 saturated heterocycles. The summed E-state index contributed by atoms with van der Waals surface area (Å²) in [6, 6.07) is -1.53. The summed E-state index contributed by atoms with van der Waals surface area (Å²) < 4.78 is 32.6. The van der Waals surface area contributed by atoms with E-state index in [1.807, 2.05) is 0 Å². The number of carboxylic acids is 1. The van der Waals surface area contributed by atoms with Gasteiger partial charge in [0.2, 0.25) is 0 Å². The van der Waals surface area contributed by atoms with Crippen molar-refractivity contribution in [2.24, 2.45) is 5.73 Å². The molecule has 0 heterocycles. The maximum Gasteiger partial charge on any atom is 0.472 e. The van der Waals surface area contributed by atoms with E-state index in [2.05, 4.69) is 67.0 Å². The number of phosphoric ester groups is 1. The largest absolute Gasteiger partial charge is 0.480 e. The molecule has 312 valence electrons. The molecule has 0 spiro atoms. The fourth-order valence-electron chi connectivity index (χ4n) is 5.28. The first kappa shape index (κ1) is 51.4. The van der Waals surface area contributed by atoms with Crippen molar-refractivity contribution in [3.05, 3.63) is 48.6 Å². The Hall–Kier alpha value is -2.56. The van der Waals surface area contributed by atoms with E-state index in [9.17, 15) is 23.8 Å². The minimum absolute atomic E-state index is 0.154. The highest BCUT2D eigenvalue weighted by molar-refractivity contribution is 7.47. The molecule has 0 aromatic rings. The number of nitrogens with two attached hydrogens (primary N) is 1. The molecular formula is C42H74NO10P. The van der Waals surface area contributed by atoms with Crippen LogP contribution in [0.15, 0.2) is 48.6 Å². The molecule has 0 aliphatic carbocycles. The topological polar surface area (TPSA) is 172 Å². The van der Waals surface area contributed by atoms with E-state index in [-0.39, 0.29) is 19.4 Å². The lowest BCUT2D eigenvalue weighted by atomic mass is 10.1. The lowest BCUT2D eigenvalue weighted by Crippen LogP contribution is -2.34. The van der Waals surface area contributed by atoms with Gasteiger partial charge in [-0.2, -0.15) is 0 Å². The molecule has 0 saturated carbocycles. The van der Waals surface area contributed by atoms with E-state index in [0.29, 0.717) is 12.8 Å². The number of aliphatic carboxylic acids is 1. The van der Waals surface area contributed by atoms with Crippen molar-refractivity contribution in [2.75, 3.05) is 19.8 Å². The number of carbonyl (C=O) groups excluding carboxylic acids is 2. The Morgan fingerprint density at radius 3 is 1.50 bits per heavy atom. The highest BCUT2D eigenvalue weighted by Gasteiger charge is 2.28. The molecule has 1 unspecified atom stereocenters. The van der Waals surface area contributed by atoms with Crippen LogP contribution in [0.1, 0.15) is 168 Å². The van der Waals surface area contributed by atoms with Crippen molar-refractivity contribution in [1.82, 2.24) is 0 Å². The van der Waals surface area contributed by atoms with Crippen LogP contribution in [-0.4, -0.2) is 59.9 Å². The van der Waals surface area contributed by atoms with Gasteiger partial charge in [-0.15, -0.1) is 0 Å². The first-order valence-electron chi connectivity index (χ1n) is 20.7. The number of hydrogen-bond donors (Lipinski definition) is 3. The van der Waals surface area contributed by atoms with Crippen LogP contribution in [0.4, 0.5) is 0 Å². The predicted molar refractivity (Wildman–Crippen MR) is 217 cm³/mol. The molecule has 3 atom stereocenters. The minimum atomic E-state index is -4.72. The third-order valence-corrected chi connectivity index (χ3v) is 9.53. The van der Waals surface area contributed by atoms with E-state index in [4.69, 9.17) is 24.8 Å². The molecule has 0 aliphatic heterocycles. The lowest BCUT2D eigenvalue weighted by Gasteiger charge is -2.20. The van der Waals surface area contributed by atoms with E-state index < -0.39 is 51.1 Å². The molecule has 4 N–H and O–H groups in total. The zero-order valence-corrected chi connectivity index (χ0v) is 34.4. The minimum Gasteiger partial charge on any atom is -0.480 e. The molecule has 0 bridgehead atoms. The number of carbonyl (C=O) groups is 3. The fraction of sp³-hybridized carbons (Fsp3) is 0.738. The smallest absolute Gasteiger partial charge is 0.472 e. The summed E-state index contributed by atoms with van der Waals surface area (Å²) in [5, 5.41) is 8.87. The Bertz CT molecular complexity index is 1110. The second-order valence-electron chi connectivity index (χ2n) is 13.8. The summed E-state index contributed by atoms with van der Waals surface area (Å²) in [5.41, 5.74) is 5.32. The summed E-state index contributed by atoms with van der Waals surface area (Å²) in [7, 11) is -4.72. The lowest BCUT2D eigenvalue weighted by molar-refractivity contribution is -0.161. The number of allylic oxidation sites excluding steroid dienone is 8. The zero-order valence-electron chi connectivity index (χ0n) is 33.6. The van der Waals surface area contributed by atoms with Crippen LogP contribution in [0.25, 0.3) is 0 Å². The van der Waals surface area contributed by atoms with Gasteiger partial charge in [-0.25, -0.2) is 4.57 Å². The molecule has 11 nitrogen and oxygen atoms in total. The number of rotatable bonds is 38. The first-order valence-corrected chi connectivity index (χ1v) is 22.2. The molecule has 0 aromatic heterocycles. The average Bonchev–Trinajstić information content (AvgIpc) is 3.14. The fourth-order valence-corrected chi connectivity index (χ4v) is 6.06. The highest BCUT2D eigenvalue weighted by atomic mass is 31.2. The molecule has 0 fully saturated rings. The SMILES string of the molecule is CCCCC/C=C/C/C=C/C/C=C/C/C=C/CCCCCC(=O)OC[C@@H](COP(=O)(O)OC[C@@H](N)C(=O)O)OC(=O)CCCCCCCCCCCCC. The van der Waals surface area contributed by atoms with E-state index >= 15 is 0 Å². The maximum atomic E-state index is 12.6. The van der Waals surface area contributed by atoms with Crippen molar-refractivity contribution in [2.45, 2.75) is 180 Å². The number of phosphoric acid groups is 1. The van der Waals surface area contributed by atoms with Crippen LogP contribution < -0.4 is 5.73 Å². The van der Waals surface area contributed by atoms with Crippen LogP contribution in [0.3, 0.4) is 0 Å². The molecule has 0 amide bonds. The standard InChI is InChI=1S/C42H74NO10P/c1-3-5-7-9-11-13-15-16-17-18-19-20-21-22-24-25-27-29-31-33-40(44)50-35-38(36-51-54(48,49)52-37-39(43)42(46)47)53-41(45)34-32-30-28-26-23-14-12-10-8-6-4-2/h11,13,16-17,19-20,22,24,38-39H,3-10,12,14-15,18,21,23,25-37,43H2,1-2H3,(H,46,47)(H,48,49)/b13-11+,17-16+,20-19+,24-22+/t38-,39+/m0/s1. The van der Waals surface area contributed by atoms with Gasteiger partial charge in [-0.1, -0.05) is 146 Å². The van der Waals surface area contributed by atoms with Crippen LogP contribution in [0.5, 0.6) is 0 Å². The number of esters is 2. The van der Waals surface area contributed by atoms with Crippen molar-refractivity contribution in [3.8, 4) is 0 Å². The molecular weight excluding hydrogens is 709 g/mol. The van der Waals surface area contributed by atoms with Gasteiger partial charge in [0, 0.05) is 12.8 Å². The Morgan fingerprint density at radius 2 is 0.981 bits per heavy atom. The molecule has 0 rings (SSSR count). The second kappa shape index (κ2) is 37.4. The van der Waals surface area contributed by atoms with Crippen molar-refractivity contribution >= 4 is 25.7 Å². The predicted octanol–water partition coefficient (Wildman–Crippen LogP) is 10.6. The molecule has 12 heteroatoms. The van der Waals surface area contributed by atoms with Crippen molar-refractivity contribution in [1.29, 1.82) is 0 Å². The van der Waals surface area contributed by atoms with Crippen molar-refractivity contribution in [3.63, 3.8) is 0 Å². The summed E-state index contributed by atoms with van der Waals surface area (Å²) in [4.78, 5) is 45.8. The Balaban J connectivity index is 4.43. The van der Waals surface area contributed by atoms with Gasteiger partial charge in [0.05, 0.1) is 13.2 Å². The monoisotopic (exact) mass is 784 g/mol. The van der Waals surface area contributed by atoms with Crippen molar-refractivity contribution < 1.29 is 47.5 Å². The third kappa shape index (κ3) is 36.4. The molecule has 0 aromatic carbocycles. The number of carboxylic acid groups (broad SMARTS) is 1. The number of unbranched alkanes of at least 4 members (excludes halogenated alkanes) is 16. The first-order chi connectivity index (χ1) is 26.1. The second-order valence-corrected chi connectivity index (χ2v) is 15.2. The van der Waals surface area contributed by atoms with Crippen LogP contribution >= 0.6 is 7.82 Å². The number of hydrogen-bond acceptors (Lipinski definition) is 9. The van der Waals surface area contributed by atoms with Gasteiger partial charge in [0.1, 0.15) is 12.6 Å².